The number of hydrogen-bond donors (Lipinski definition) is 2. The van der Waals surface area contributed by atoms with Gasteiger partial charge in [0.2, 0.25) is 0 Å². The lowest BCUT2D eigenvalue weighted by Crippen LogP contribution is -2.55. The molecule has 0 radical (unpaired) electrons. The van der Waals surface area contributed by atoms with Crippen LogP contribution in [0.2, 0.25) is 0 Å². The number of piperidine rings is 1. The van der Waals surface area contributed by atoms with Gasteiger partial charge in [0.25, 0.3) is 5.91 Å². The van der Waals surface area contributed by atoms with Crippen molar-refractivity contribution in [2.45, 2.75) is 30.8 Å². The molecule has 1 spiro atoms. The lowest BCUT2D eigenvalue weighted by molar-refractivity contribution is -0.133. The van der Waals surface area contributed by atoms with E-state index in [2.05, 4.69) is 61.8 Å². The Morgan fingerprint density at radius 3 is 2.41 bits per heavy atom. The normalized spacial score (nSPS) is 25.5. The predicted octanol–water partition coefficient (Wildman–Crippen LogP) is 3.34. The molecule has 3 aliphatic rings. The van der Waals surface area contributed by atoms with Gasteiger partial charge < -0.3 is 15.5 Å². The molecule has 6 nitrogen and oxygen atoms in total. The number of amides is 3. The molecule has 0 aromatic heterocycles. The van der Waals surface area contributed by atoms with Gasteiger partial charge in [-0.3, -0.25) is 9.69 Å². The van der Waals surface area contributed by atoms with Crippen molar-refractivity contribution in [2.75, 3.05) is 32.7 Å². The highest BCUT2D eigenvalue weighted by Crippen LogP contribution is 2.33. The van der Waals surface area contributed by atoms with Crippen LogP contribution in [-0.2, 0) is 11.3 Å². The SMILES string of the molecule is O=C1NC2(CCN(C[C@H]3CNC[C@@H]3c3ccccc3)CC2)C(=O)N1Cc1ccc(Br)cc1. The minimum Gasteiger partial charge on any atom is -0.323 e. The van der Waals surface area contributed by atoms with Crippen LogP contribution in [0.15, 0.2) is 59.1 Å². The summed E-state index contributed by atoms with van der Waals surface area (Å²) in [7, 11) is 0. The van der Waals surface area contributed by atoms with Crippen LogP contribution in [-0.4, -0.2) is 60.0 Å². The minimum absolute atomic E-state index is 0.0743. The minimum atomic E-state index is -0.740. The monoisotopic (exact) mass is 496 g/mol. The molecule has 0 unspecified atom stereocenters. The molecule has 2 N–H and O–H groups in total. The third-order valence-electron chi connectivity index (χ3n) is 7.27. The van der Waals surface area contributed by atoms with E-state index >= 15 is 0 Å². The summed E-state index contributed by atoms with van der Waals surface area (Å²) in [6.45, 7) is 5.04. The number of benzene rings is 2. The summed E-state index contributed by atoms with van der Waals surface area (Å²) in [5.41, 5.74) is 1.61. The first kappa shape index (κ1) is 21.6. The number of carbonyl (C=O) groups is 2. The van der Waals surface area contributed by atoms with E-state index in [-0.39, 0.29) is 11.9 Å². The van der Waals surface area contributed by atoms with Gasteiger partial charge in [0.1, 0.15) is 5.54 Å². The van der Waals surface area contributed by atoms with E-state index in [1.165, 1.54) is 10.5 Å². The van der Waals surface area contributed by atoms with Crippen molar-refractivity contribution in [1.82, 2.24) is 20.4 Å². The van der Waals surface area contributed by atoms with Gasteiger partial charge in [0, 0.05) is 36.6 Å². The number of carbonyl (C=O) groups excluding carboxylic acids is 2. The lowest BCUT2D eigenvalue weighted by Gasteiger charge is -2.38. The summed E-state index contributed by atoms with van der Waals surface area (Å²) < 4.78 is 0.981. The first-order valence-corrected chi connectivity index (χ1v) is 12.2. The molecule has 168 valence electrons. The fourth-order valence-electron chi connectivity index (χ4n) is 5.40. The molecule has 3 aliphatic heterocycles. The third-order valence-corrected chi connectivity index (χ3v) is 7.80. The molecule has 32 heavy (non-hydrogen) atoms. The highest BCUT2D eigenvalue weighted by molar-refractivity contribution is 9.10. The standard InChI is InChI=1S/C25H29BrN4O2/c26-21-8-6-18(7-9-21)16-30-23(31)25(28-24(30)32)10-12-29(13-11-25)17-20-14-27-15-22(20)19-4-2-1-3-5-19/h1-9,20,22,27H,10-17H2,(H,28,32)/t20-,22-/m1/s1. The van der Waals surface area contributed by atoms with Crippen LogP contribution < -0.4 is 10.6 Å². The van der Waals surface area contributed by atoms with E-state index in [4.69, 9.17) is 0 Å². The van der Waals surface area contributed by atoms with Crippen molar-refractivity contribution in [3.05, 3.63) is 70.2 Å². The highest BCUT2D eigenvalue weighted by Gasteiger charge is 2.52. The van der Waals surface area contributed by atoms with E-state index in [1.54, 1.807) is 0 Å². The van der Waals surface area contributed by atoms with Gasteiger partial charge >= 0.3 is 6.03 Å². The number of nitrogens with one attached hydrogen (secondary N) is 2. The third kappa shape index (κ3) is 4.21. The summed E-state index contributed by atoms with van der Waals surface area (Å²) in [5, 5.41) is 6.60. The van der Waals surface area contributed by atoms with Crippen molar-refractivity contribution in [3.63, 3.8) is 0 Å². The Labute approximate surface area is 197 Å². The maximum atomic E-state index is 13.3. The molecule has 0 aliphatic carbocycles. The topological polar surface area (TPSA) is 64.7 Å². The van der Waals surface area contributed by atoms with Crippen molar-refractivity contribution in [1.29, 1.82) is 0 Å². The number of rotatable bonds is 5. The summed E-state index contributed by atoms with van der Waals surface area (Å²) in [6.07, 6.45) is 1.34. The number of halogens is 1. The maximum absolute atomic E-state index is 13.3. The fourth-order valence-corrected chi connectivity index (χ4v) is 5.66. The van der Waals surface area contributed by atoms with Gasteiger partial charge in [-0.1, -0.05) is 58.4 Å². The van der Waals surface area contributed by atoms with Gasteiger partial charge in [0.05, 0.1) is 6.54 Å². The molecule has 2 aromatic rings. The molecule has 3 saturated heterocycles. The molecular weight excluding hydrogens is 468 g/mol. The Morgan fingerprint density at radius 1 is 0.969 bits per heavy atom. The second kappa shape index (κ2) is 8.96. The van der Waals surface area contributed by atoms with Crippen LogP contribution in [0.4, 0.5) is 4.79 Å². The predicted molar refractivity (Wildman–Crippen MR) is 127 cm³/mol. The van der Waals surface area contributed by atoms with E-state index in [9.17, 15) is 9.59 Å². The Morgan fingerprint density at radius 2 is 1.69 bits per heavy atom. The second-order valence-electron chi connectivity index (χ2n) is 9.27. The van der Waals surface area contributed by atoms with Crippen LogP contribution in [0, 0.1) is 5.92 Å². The summed E-state index contributed by atoms with van der Waals surface area (Å²) in [6, 6.07) is 18.2. The van der Waals surface area contributed by atoms with Gasteiger partial charge in [-0.2, -0.15) is 0 Å². The van der Waals surface area contributed by atoms with Crippen molar-refractivity contribution in [2.24, 2.45) is 5.92 Å². The number of urea groups is 1. The largest absolute Gasteiger partial charge is 0.325 e. The second-order valence-corrected chi connectivity index (χ2v) is 10.2. The van der Waals surface area contributed by atoms with Gasteiger partial charge in [-0.05, 0) is 48.6 Å². The Balaban J connectivity index is 1.20. The average molecular weight is 497 g/mol. The molecular formula is C25H29BrN4O2. The Kier molecular flexibility index (Phi) is 6.05. The first-order valence-electron chi connectivity index (χ1n) is 11.4. The molecule has 3 amide bonds. The maximum Gasteiger partial charge on any atom is 0.325 e. The van der Waals surface area contributed by atoms with Crippen LogP contribution in [0.1, 0.15) is 29.9 Å². The van der Waals surface area contributed by atoms with Crippen molar-refractivity contribution >= 4 is 27.9 Å². The van der Waals surface area contributed by atoms with Crippen LogP contribution in [0.3, 0.4) is 0 Å². The number of nitrogens with zero attached hydrogens (tertiary/aromatic N) is 2. The van der Waals surface area contributed by atoms with Crippen molar-refractivity contribution < 1.29 is 9.59 Å². The van der Waals surface area contributed by atoms with E-state index in [0.717, 1.165) is 42.8 Å². The summed E-state index contributed by atoms with van der Waals surface area (Å²) >= 11 is 3.42. The molecule has 3 fully saturated rings. The fraction of sp³-hybridized carbons (Fsp3) is 0.440. The molecule has 2 atom stereocenters. The molecule has 7 heteroatoms. The molecule has 3 heterocycles. The quantitative estimate of drug-likeness (QED) is 0.623. The van der Waals surface area contributed by atoms with E-state index < -0.39 is 5.54 Å². The Bertz CT molecular complexity index is 973. The zero-order valence-electron chi connectivity index (χ0n) is 18.1. The smallest absolute Gasteiger partial charge is 0.323 e. The lowest BCUT2D eigenvalue weighted by atomic mass is 9.85. The summed E-state index contributed by atoms with van der Waals surface area (Å²) in [5.74, 6) is 1.02. The zero-order chi connectivity index (χ0) is 22.1. The molecule has 0 saturated carbocycles. The van der Waals surface area contributed by atoms with Crippen LogP contribution in [0.25, 0.3) is 0 Å². The van der Waals surface area contributed by atoms with Crippen LogP contribution in [0.5, 0.6) is 0 Å². The molecule has 0 bridgehead atoms. The molecule has 5 rings (SSSR count). The number of likely N-dealkylation sites (tertiary alicyclic amines) is 1. The Hall–Kier alpha value is -2.22. The van der Waals surface area contributed by atoms with Gasteiger partial charge in [0.15, 0.2) is 0 Å². The molecule has 2 aromatic carbocycles. The van der Waals surface area contributed by atoms with E-state index in [1.807, 2.05) is 24.3 Å². The van der Waals surface area contributed by atoms with Crippen molar-refractivity contribution in [3.8, 4) is 0 Å². The van der Waals surface area contributed by atoms with Gasteiger partial charge in [-0.15, -0.1) is 0 Å². The first-order chi connectivity index (χ1) is 15.5. The average Bonchev–Trinajstić information content (AvgIpc) is 3.36. The number of hydrogen-bond acceptors (Lipinski definition) is 4. The van der Waals surface area contributed by atoms with Gasteiger partial charge in [-0.25, -0.2) is 4.79 Å². The van der Waals surface area contributed by atoms with E-state index in [0.29, 0.717) is 31.2 Å². The zero-order valence-corrected chi connectivity index (χ0v) is 19.7. The van der Waals surface area contributed by atoms with Crippen LogP contribution >= 0.6 is 15.9 Å². The highest BCUT2D eigenvalue weighted by atomic mass is 79.9. The summed E-state index contributed by atoms with van der Waals surface area (Å²) in [4.78, 5) is 29.8. The number of imide groups is 1.